The number of nitrogens with zero attached hydrogens (tertiary/aromatic N) is 6. The van der Waals surface area contributed by atoms with E-state index < -0.39 is 29.8 Å². The normalized spacial score (nSPS) is 12.1. The molecular weight excluding hydrogens is 1280 g/mol. The van der Waals surface area contributed by atoms with E-state index in [4.69, 9.17) is 28.8 Å². The fourth-order valence-electron chi connectivity index (χ4n) is 11.7. The smallest absolute Gasteiger partial charge is 0.331 e. The third kappa shape index (κ3) is 18.0. The van der Waals surface area contributed by atoms with Gasteiger partial charge >= 0.3 is 29.8 Å². The summed E-state index contributed by atoms with van der Waals surface area (Å²) in [5.74, 6) is -1.42. The van der Waals surface area contributed by atoms with Gasteiger partial charge < -0.3 is 38.0 Å². The highest BCUT2D eigenvalue weighted by molar-refractivity contribution is 7.99. The zero-order valence-electron chi connectivity index (χ0n) is 57.3. The molecule has 0 saturated carbocycles. The number of hydrogen-bond donors (Lipinski definition) is 0. The van der Waals surface area contributed by atoms with Gasteiger partial charge in [-0.25, -0.2) is 19.2 Å². The minimum atomic E-state index is -0.616. The fourth-order valence-corrected chi connectivity index (χ4v) is 12.6. The molecule has 0 aliphatic rings. The van der Waals surface area contributed by atoms with Crippen LogP contribution < -0.4 is 4.74 Å². The first-order valence-electron chi connectivity index (χ1n) is 33.4. The molecule has 8 aromatic carbocycles. The molecule has 20 heteroatoms. The number of oxime groups is 4. The Bertz CT molecular complexity index is 4830. The van der Waals surface area contributed by atoms with Gasteiger partial charge in [-0.05, 0) is 197 Å². The number of ketones is 2. The van der Waals surface area contributed by atoms with Crippen molar-refractivity contribution in [2.75, 3.05) is 19.0 Å². The predicted octanol–water partition coefficient (Wildman–Crippen LogP) is 17.1. The summed E-state index contributed by atoms with van der Waals surface area (Å²) in [4.78, 5) is 109. The molecule has 0 bridgehead atoms. The number of esters is 1. The zero-order valence-corrected chi connectivity index (χ0v) is 58.1. The van der Waals surface area contributed by atoms with Crippen LogP contribution in [0.25, 0.3) is 55.0 Å². The van der Waals surface area contributed by atoms with E-state index in [0.717, 1.165) is 127 Å². The van der Waals surface area contributed by atoms with E-state index in [2.05, 4.69) is 42.7 Å². The maximum atomic E-state index is 14.4. The minimum absolute atomic E-state index is 0.00740. The second kappa shape index (κ2) is 33.9. The van der Waals surface area contributed by atoms with Crippen LogP contribution in [0.3, 0.4) is 0 Å². The standard InChI is InChI=1S/C80H78N6O13S/c1-9-11-12-13-14-17-72(83-98-54(7)89)60-26-39-74-68(46-60)70-49-63(29-42-76(70)85(74)64-30-18-56(19-31-64)50(3)81-96-52(5)87)80(93)59-24-36-67(37-25-59)100-45-16-15-44-95-66-34-22-58(23-35-66)79(92)62-28-41-77-71(48-62)69-47-61(73(84-99-55(8)90)38-43-78(91)94-10-2)27-40-75(69)86(77)65-32-20-57(21-33-65)51(4)82-97-53(6)88/h18-37,39-42,46-49H,9-17,38,43-45H2,1-8H3. The highest BCUT2D eigenvalue weighted by Crippen LogP contribution is 2.37. The van der Waals surface area contributed by atoms with Gasteiger partial charge in [0.15, 0.2) is 11.6 Å². The molecule has 2 heterocycles. The van der Waals surface area contributed by atoms with Crippen molar-refractivity contribution in [3.05, 3.63) is 214 Å². The SMILES string of the molecule is CCCCCCCC(=NOC(C)=O)c1ccc2c(c1)c1cc(C(=O)c3ccc(SCCCCOc4ccc(C(=O)c5ccc6c(c5)c5cc(C(CCC(=O)OCC)=NOC(C)=O)ccc5n6-c5ccc(C(C)=NOC(C)=O)cc5)cc4)cc3)ccc1n2-c1ccc(C(C)=NOC(C)=O)cc1. The fraction of sp³-hybridized carbons (Fsp3) is 0.263. The molecule has 0 spiro atoms. The third-order valence-electron chi connectivity index (χ3n) is 16.7. The van der Waals surface area contributed by atoms with Crippen molar-refractivity contribution in [2.45, 2.75) is 124 Å². The van der Waals surface area contributed by atoms with E-state index in [9.17, 15) is 33.6 Å². The van der Waals surface area contributed by atoms with Gasteiger partial charge in [0.25, 0.3) is 0 Å². The highest BCUT2D eigenvalue weighted by atomic mass is 32.2. The Morgan fingerprint density at radius 1 is 0.380 bits per heavy atom. The number of thioether (sulfide) groups is 1. The van der Waals surface area contributed by atoms with Crippen molar-refractivity contribution >= 4 is 120 Å². The zero-order chi connectivity index (χ0) is 70.8. The van der Waals surface area contributed by atoms with E-state index in [1.165, 1.54) is 27.7 Å². The first-order valence-corrected chi connectivity index (χ1v) is 34.4. The van der Waals surface area contributed by atoms with Crippen molar-refractivity contribution < 1.29 is 62.4 Å². The highest BCUT2D eigenvalue weighted by Gasteiger charge is 2.22. The number of aromatic nitrogens is 2. The van der Waals surface area contributed by atoms with Crippen LogP contribution in [0.5, 0.6) is 5.75 Å². The molecule has 0 aliphatic heterocycles. The summed E-state index contributed by atoms with van der Waals surface area (Å²) >= 11 is 1.70. The number of fused-ring (bicyclic) bond motifs is 6. The van der Waals surface area contributed by atoms with Crippen molar-refractivity contribution in [2.24, 2.45) is 20.6 Å². The summed E-state index contributed by atoms with van der Waals surface area (Å²) in [6, 6.07) is 53.3. The van der Waals surface area contributed by atoms with Gasteiger partial charge in [0, 0.05) is 105 Å². The van der Waals surface area contributed by atoms with Crippen LogP contribution in [0, 0.1) is 0 Å². The maximum absolute atomic E-state index is 14.4. The summed E-state index contributed by atoms with van der Waals surface area (Å²) < 4.78 is 15.5. The van der Waals surface area contributed by atoms with E-state index in [0.29, 0.717) is 69.4 Å². The summed E-state index contributed by atoms with van der Waals surface area (Å²) in [7, 11) is 0. The van der Waals surface area contributed by atoms with Gasteiger partial charge in [0.2, 0.25) is 0 Å². The Hall–Kier alpha value is -11.1. The van der Waals surface area contributed by atoms with Crippen LogP contribution in [-0.2, 0) is 48.1 Å². The van der Waals surface area contributed by atoms with Crippen LogP contribution in [0.1, 0.15) is 174 Å². The van der Waals surface area contributed by atoms with Crippen molar-refractivity contribution in [1.82, 2.24) is 9.13 Å². The van der Waals surface area contributed by atoms with Crippen LogP contribution >= 0.6 is 11.8 Å². The summed E-state index contributed by atoms with van der Waals surface area (Å²) in [6.45, 7) is 13.3. The average Bonchev–Trinajstić information content (AvgIpc) is 1.59. The molecule has 2 aromatic heterocycles. The molecule has 10 aromatic rings. The van der Waals surface area contributed by atoms with E-state index in [1.807, 2.05) is 133 Å². The van der Waals surface area contributed by atoms with Gasteiger partial charge in [-0.3, -0.25) is 14.4 Å². The molecule has 0 aliphatic carbocycles. The largest absolute Gasteiger partial charge is 0.494 e. The summed E-state index contributed by atoms with van der Waals surface area (Å²) in [5.41, 5.74) is 12.1. The molecule has 512 valence electrons. The number of rotatable bonds is 31. The van der Waals surface area contributed by atoms with Gasteiger partial charge in [-0.1, -0.05) is 89.6 Å². The third-order valence-corrected chi connectivity index (χ3v) is 17.8. The van der Waals surface area contributed by atoms with Gasteiger partial charge in [-0.15, -0.1) is 11.8 Å². The second-order valence-electron chi connectivity index (χ2n) is 24.0. The second-order valence-corrected chi connectivity index (χ2v) is 25.2. The number of carbonyl (C=O) groups is 7. The molecule has 0 fully saturated rings. The number of benzene rings is 8. The van der Waals surface area contributed by atoms with Gasteiger partial charge in [0.1, 0.15) is 5.75 Å². The lowest BCUT2D eigenvalue weighted by molar-refractivity contribution is -0.143. The van der Waals surface area contributed by atoms with Crippen molar-refractivity contribution in [3.63, 3.8) is 0 Å². The van der Waals surface area contributed by atoms with Crippen molar-refractivity contribution in [1.29, 1.82) is 0 Å². The van der Waals surface area contributed by atoms with Crippen LogP contribution in [0.2, 0.25) is 0 Å². The van der Waals surface area contributed by atoms with Crippen LogP contribution in [0.4, 0.5) is 0 Å². The monoisotopic (exact) mass is 1360 g/mol. The molecule has 0 saturated heterocycles. The number of ether oxygens (including phenoxy) is 2. The lowest BCUT2D eigenvalue weighted by Crippen LogP contribution is -2.10. The molecule has 0 N–H and O–H groups in total. The topological polar surface area (TPSA) is 234 Å². The molecule has 0 radical (unpaired) electrons. The Morgan fingerprint density at radius 2 is 0.770 bits per heavy atom. The summed E-state index contributed by atoms with van der Waals surface area (Å²) in [6.07, 6.45) is 7.71. The quantitative estimate of drug-likeness (QED) is 0.00748. The minimum Gasteiger partial charge on any atom is -0.494 e. The molecule has 19 nitrogen and oxygen atoms in total. The average molecular weight is 1360 g/mol. The first-order chi connectivity index (χ1) is 48.4. The molecule has 10 rings (SSSR count). The lowest BCUT2D eigenvalue weighted by atomic mass is 9.99. The van der Waals surface area contributed by atoms with E-state index in [-0.39, 0.29) is 31.0 Å². The molecular formula is C80H78N6O13S. The van der Waals surface area contributed by atoms with E-state index in [1.54, 1.807) is 62.9 Å². The van der Waals surface area contributed by atoms with Crippen molar-refractivity contribution in [3.8, 4) is 17.1 Å². The Morgan fingerprint density at radius 3 is 1.21 bits per heavy atom. The molecule has 0 atom stereocenters. The Kier molecular flexibility index (Phi) is 24.3. The van der Waals surface area contributed by atoms with Gasteiger partial charge in [0.05, 0.1) is 64.5 Å². The number of carbonyl (C=O) groups excluding carboxylic acids is 7. The molecule has 100 heavy (non-hydrogen) atoms. The number of unbranched alkanes of at least 4 members (excludes halogenated alkanes) is 5. The number of hydrogen-bond acceptors (Lipinski definition) is 18. The predicted molar refractivity (Wildman–Crippen MR) is 391 cm³/mol. The van der Waals surface area contributed by atoms with Crippen LogP contribution in [0.15, 0.2) is 195 Å². The molecule has 0 amide bonds. The Labute approximate surface area is 583 Å². The maximum Gasteiger partial charge on any atom is 0.331 e. The summed E-state index contributed by atoms with van der Waals surface area (Å²) in [5, 5.41) is 19.7. The lowest BCUT2D eigenvalue weighted by Gasteiger charge is -2.10. The Balaban J connectivity index is 0.800. The van der Waals surface area contributed by atoms with Crippen LogP contribution in [-0.4, -0.2) is 92.4 Å². The van der Waals surface area contributed by atoms with E-state index >= 15 is 0 Å². The van der Waals surface area contributed by atoms with Gasteiger partial charge in [-0.2, -0.15) is 0 Å². The molecule has 0 unspecified atom stereocenters. The first kappa shape index (κ1) is 71.6.